The maximum absolute atomic E-state index is 11.8. The molecule has 1 aliphatic rings. The highest BCUT2D eigenvalue weighted by atomic mass is 16.5. The van der Waals surface area contributed by atoms with Crippen molar-refractivity contribution in [3.8, 4) is 0 Å². The van der Waals surface area contributed by atoms with Crippen LogP contribution in [0.1, 0.15) is 23.6 Å². The van der Waals surface area contributed by atoms with Gasteiger partial charge in [0.1, 0.15) is 0 Å². The summed E-state index contributed by atoms with van der Waals surface area (Å²) < 4.78 is 4.88. The van der Waals surface area contributed by atoms with E-state index in [0.717, 1.165) is 22.2 Å². The number of fused-ring (bicyclic) bond motifs is 3. The third-order valence-electron chi connectivity index (χ3n) is 3.27. The molecule has 3 heteroatoms. The molecule has 0 saturated heterocycles. The van der Waals surface area contributed by atoms with Gasteiger partial charge < -0.3 is 9.72 Å². The van der Waals surface area contributed by atoms with Gasteiger partial charge in [0.05, 0.1) is 13.0 Å². The summed E-state index contributed by atoms with van der Waals surface area (Å²) in [6.07, 6.45) is 4.76. The summed E-state index contributed by atoms with van der Waals surface area (Å²) in [5.74, 6) is -0.350. The molecule has 1 unspecified atom stereocenters. The second kappa shape index (κ2) is 3.77. The van der Waals surface area contributed by atoms with Gasteiger partial charge in [-0.2, -0.15) is 0 Å². The minimum Gasteiger partial charge on any atom is -0.469 e. The minimum absolute atomic E-state index is 0.166. The van der Waals surface area contributed by atoms with E-state index in [-0.39, 0.29) is 11.9 Å². The molecule has 1 heterocycles. The van der Waals surface area contributed by atoms with Gasteiger partial charge in [0.15, 0.2) is 0 Å². The molecule has 0 amide bonds. The number of aromatic amines is 1. The summed E-state index contributed by atoms with van der Waals surface area (Å²) in [7, 11) is 1.44. The van der Waals surface area contributed by atoms with Crippen molar-refractivity contribution in [1.82, 2.24) is 4.98 Å². The third-order valence-corrected chi connectivity index (χ3v) is 3.27. The Kier molecular flexibility index (Phi) is 2.25. The lowest BCUT2D eigenvalue weighted by atomic mass is 9.89. The maximum atomic E-state index is 11.8. The summed E-state index contributed by atoms with van der Waals surface area (Å²) in [5.41, 5.74) is 3.15. The van der Waals surface area contributed by atoms with Gasteiger partial charge in [-0.05, 0) is 24.1 Å². The smallest absolute Gasteiger partial charge is 0.313 e. The molecule has 0 saturated carbocycles. The predicted molar refractivity (Wildman–Crippen MR) is 66.7 cm³/mol. The van der Waals surface area contributed by atoms with Crippen molar-refractivity contribution in [2.75, 3.05) is 7.11 Å². The van der Waals surface area contributed by atoms with Crippen LogP contribution in [0.15, 0.2) is 30.3 Å². The van der Waals surface area contributed by atoms with Crippen molar-refractivity contribution in [3.05, 3.63) is 41.6 Å². The minimum atomic E-state index is -0.184. The van der Waals surface area contributed by atoms with Crippen LogP contribution in [-0.2, 0) is 9.53 Å². The average Bonchev–Trinajstić information content (AvgIpc) is 2.76. The van der Waals surface area contributed by atoms with Crippen LogP contribution in [-0.4, -0.2) is 18.1 Å². The van der Waals surface area contributed by atoms with Gasteiger partial charge >= 0.3 is 5.97 Å². The standard InChI is InChI=1S/C14H13NO2/c1-17-14(16)10-6-4-8-12-13(10)9-5-2-3-7-11(9)15-12/h2-5,7-8,10,15H,6H2,1H3. The molecule has 1 aromatic heterocycles. The van der Waals surface area contributed by atoms with Crippen LogP contribution in [0.5, 0.6) is 0 Å². The summed E-state index contributed by atoms with van der Waals surface area (Å²) in [5, 5.41) is 1.11. The van der Waals surface area contributed by atoms with Crippen LogP contribution >= 0.6 is 0 Å². The Balaban J connectivity index is 2.24. The highest BCUT2D eigenvalue weighted by molar-refractivity contribution is 5.94. The largest absolute Gasteiger partial charge is 0.469 e. The lowest BCUT2D eigenvalue weighted by Gasteiger charge is -2.16. The second-order valence-corrected chi connectivity index (χ2v) is 4.21. The lowest BCUT2D eigenvalue weighted by molar-refractivity contribution is -0.142. The first kappa shape index (κ1) is 10.1. The normalized spacial score (nSPS) is 18.1. The van der Waals surface area contributed by atoms with E-state index < -0.39 is 0 Å². The first-order valence-electron chi connectivity index (χ1n) is 5.66. The predicted octanol–water partition coefficient (Wildman–Crippen LogP) is 2.84. The molecule has 0 radical (unpaired) electrons. The molecule has 0 fully saturated rings. The molecular weight excluding hydrogens is 214 g/mol. The summed E-state index contributed by atoms with van der Waals surface area (Å²) in [4.78, 5) is 15.1. The number of esters is 1. The number of benzene rings is 1. The number of aromatic nitrogens is 1. The van der Waals surface area contributed by atoms with Crippen LogP contribution in [0.2, 0.25) is 0 Å². The number of methoxy groups -OCH3 is 1. The van der Waals surface area contributed by atoms with Crippen molar-refractivity contribution in [2.45, 2.75) is 12.3 Å². The van der Waals surface area contributed by atoms with Crippen molar-refractivity contribution in [2.24, 2.45) is 0 Å². The Hall–Kier alpha value is -2.03. The van der Waals surface area contributed by atoms with Gasteiger partial charge in [-0.3, -0.25) is 4.79 Å². The number of ether oxygens (including phenoxy) is 1. The Morgan fingerprint density at radius 3 is 3.06 bits per heavy atom. The highest BCUT2D eigenvalue weighted by Crippen LogP contribution is 2.36. The van der Waals surface area contributed by atoms with Gasteiger partial charge in [0, 0.05) is 16.6 Å². The summed E-state index contributed by atoms with van der Waals surface area (Å²) in [6.45, 7) is 0. The fourth-order valence-corrected chi connectivity index (χ4v) is 2.49. The fourth-order valence-electron chi connectivity index (χ4n) is 2.49. The zero-order chi connectivity index (χ0) is 11.8. The monoisotopic (exact) mass is 227 g/mol. The quantitative estimate of drug-likeness (QED) is 0.761. The van der Waals surface area contributed by atoms with E-state index in [1.54, 1.807) is 0 Å². The van der Waals surface area contributed by atoms with Crippen LogP contribution < -0.4 is 0 Å². The molecule has 0 bridgehead atoms. The van der Waals surface area contributed by atoms with Crippen LogP contribution in [0.3, 0.4) is 0 Å². The third kappa shape index (κ3) is 1.46. The molecule has 1 N–H and O–H groups in total. The van der Waals surface area contributed by atoms with Crippen molar-refractivity contribution < 1.29 is 9.53 Å². The number of allylic oxidation sites excluding steroid dienone is 1. The van der Waals surface area contributed by atoms with E-state index in [9.17, 15) is 4.79 Å². The maximum Gasteiger partial charge on any atom is 0.313 e. The molecule has 3 nitrogen and oxygen atoms in total. The number of rotatable bonds is 1. The second-order valence-electron chi connectivity index (χ2n) is 4.21. The lowest BCUT2D eigenvalue weighted by Crippen LogP contribution is -2.15. The van der Waals surface area contributed by atoms with E-state index in [1.165, 1.54) is 7.11 Å². The number of para-hydroxylation sites is 1. The van der Waals surface area contributed by atoms with Gasteiger partial charge in [-0.1, -0.05) is 24.3 Å². The van der Waals surface area contributed by atoms with Crippen molar-refractivity contribution in [3.63, 3.8) is 0 Å². The zero-order valence-corrected chi connectivity index (χ0v) is 9.57. The van der Waals surface area contributed by atoms with Crippen LogP contribution in [0, 0.1) is 0 Å². The van der Waals surface area contributed by atoms with Crippen LogP contribution in [0.4, 0.5) is 0 Å². The number of carbonyl (C=O) groups is 1. The van der Waals surface area contributed by atoms with E-state index in [0.29, 0.717) is 6.42 Å². The SMILES string of the molecule is COC(=O)C1CC=Cc2[nH]c3ccccc3c21. The Labute approximate surface area is 99.1 Å². The van der Waals surface area contributed by atoms with E-state index in [4.69, 9.17) is 4.74 Å². The van der Waals surface area contributed by atoms with Gasteiger partial charge in [-0.15, -0.1) is 0 Å². The molecule has 1 aliphatic carbocycles. The van der Waals surface area contributed by atoms with E-state index in [1.807, 2.05) is 36.4 Å². The Bertz CT molecular complexity index is 610. The summed E-state index contributed by atoms with van der Waals surface area (Å²) >= 11 is 0. The topological polar surface area (TPSA) is 42.1 Å². The Morgan fingerprint density at radius 1 is 1.41 bits per heavy atom. The van der Waals surface area contributed by atoms with Crippen LogP contribution in [0.25, 0.3) is 17.0 Å². The molecule has 17 heavy (non-hydrogen) atoms. The van der Waals surface area contributed by atoms with E-state index in [2.05, 4.69) is 4.98 Å². The zero-order valence-electron chi connectivity index (χ0n) is 9.57. The first-order chi connectivity index (χ1) is 8.31. The van der Waals surface area contributed by atoms with E-state index >= 15 is 0 Å². The number of hydrogen-bond donors (Lipinski definition) is 1. The molecule has 86 valence electrons. The number of carbonyl (C=O) groups excluding carboxylic acids is 1. The summed E-state index contributed by atoms with van der Waals surface area (Å²) in [6, 6.07) is 8.04. The molecule has 0 spiro atoms. The molecule has 1 aromatic carbocycles. The average molecular weight is 227 g/mol. The Morgan fingerprint density at radius 2 is 2.24 bits per heavy atom. The number of nitrogens with one attached hydrogen (secondary N) is 1. The molecule has 3 rings (SSSR count). The van der Waals surface area contributed by atoms with Gasteiger partial charge in [0.25, 0.3) is 0 Å². The molecule has 1 atom stereocenters. The first-order valence-corrected chi connectivity index (χ1v) is 5.66. The fraction of sp³-hybridized carbons (Fsp3) is 0.214. The van der Waals surface area contributed by atoms with Crippen molar-refractivity contribution >= 4 is 22.9 Å². The number of H-pyrrole nitrogens is 1. The molecule has 0 aliphatic heterocycles. The molecular formula is C14H13NO2. The van der Waals surface area contributed by atoms with Gasteiger partial charge in [0.2, 0.25) is 0 Å². The molecule has 2 aromatic rings. The highest BCUT2D eigenvalue weighted by Gasteiger charge is 2.28. The number of hydrogen-bond acceptors (Lipinski definition) is 2. The van der Waals surface area contributed by atoms with Crippen molar-refractivity contribution in [1.29, 1.82) is 0 Å². The van der Waals surface area contributed by atoms with Gasteiger partial charge in [-0.25, -0.2) is 0 Å².